The van der Waals surface area contributed by atoms with Crippen LogP contribution in [-0.2, 0) is 28.7 Å². The van der Waals surface area contributed by atoms with E-state index in [1.807, 2.05) is 60.7 Å². The largest absolute Gasteiger partial charge is 0.282 e. The van der Waals surface area contributed by atoms with Gasteiger partial charge in [-0.2, -0.15) is 9.40 Å². The Morgan fingerprint density at radius 3 is 2.40 bits per heavy atom. The summed E-state index contributed by atoms with van der Waals surface area (Å²) in [5.41, 5.74) is 4.67. The maximum absolute atomic E-state index is 12.8. The summed E-state index contributed by atoms with van der Waals surface area (Å²) in [5.74, 6) is 0.0295. The van der Waals surface area contributed by atoms with Gasteiger partial charge in [0.1, 0.15) is 0 Å². The van der Waals surface area contributed by atoms with Crippen molar-refractivity contribution in [1.82, 2.24) is 14.5 Å². The summed E-state index contributed by atoms with van der Waals surface area (Å²) in [6.45, 7) is 0.851. The highest BCUT2D eigenvalue weighted by Crippen LogP contribution is 2.29. The predicted octanol–water partition coefficient (Wildman–Crippen LogP) is 2.96. The lowest BCUT2D eigenvalue weighted by atomic mass is 10.0. The van der Waals surface area contributed by atoms with Crippen LogP contribution in [0.3, 0.4) is 0 Å². The maximum Gasteiger partial charge on any atom is 0.218 e. The summed E-state index contributed by atoms with van der Waals surface area (Å²) in [4.78, 5) is 0. The van der Waals surface area contributed by atoms with Crippen LogP contribution < -0.4 is 0 Å². The van der Waals surface area contributed by atoms with Gasteiger partial charge >= 0.3 is 0 Å². The Bertz CT molecular complexity index is 966. The second kappa shape index (κ2) is 6.46. The SMILES string of the molecule is O=S(=O)(Cc1ccccc1)N1CCc2[nH]nc(-c3ccccc3)c2C1. The molecule has 0 saturated carbocycles. The van der Waals surface area contributed by atoms with Crippen molar-refractivity contribution in [3.63, 3.8) is 0 Å². The zero-order valence-electron chi connectivity index (χ0n) is 13.7. The number of nitrogens with zero attached hydrogens (tertiary/aromatic N) is 2. The number of sulfonamides is 1. The Morgan fingerprint density at radius 2 is 1.68 bits per heavy atom. The van der Waals surface area contributed by atoms with Crippen molar-refractivity contribution in [3.8, 4) is 11.3 Å². The molecule has 4 rings (SSSR count). The van der Waals surface area contributed by atoms with E-state index < -0.39 is 10.0 Å². The molecule has 0 fully saturated rings. The third kappa shape index (κ3) is 3.23. The minimum Gasteiger partial charge on any atom is -0.282 e. The summed E-state index contributed by atoms with van der Waals surface area (Å²) in [5, 5.41) is 7.50. The Hall–Kier alpha value is -2.44. The van der Waals surface area contributed by atoms with Crippen LogP contribution in [0, 0.1) is 0 Å². The molecule has 0 atom stereocenters. The molecule has 0 unspecified atom stereocenters. The Morgan fingerprint density at radius 1 is 1.00 bits per heavy atom. The van der Waals surface area contributed by atoms with Gasteiger partial charge in [0.05, 0.1) is 11.4 Å². The highest BCUT2D eigenvalue weighted by Gasteiger charge is 2.30. The molecule has 0 aliphatic carbocycles. The van der Waals surface area contributed by atoms with Crippen molar-refractivity contribution >= 4 is 10.0 Å². The average Bonchev–Trinajstić information content (AvgIpc) is 3.06. The fourth-order valence-electron chi connectivity index (χ4n) is 3.22. The van der Waals surface area contributed by atoms with Gasteiger partial charge < -0.3 is 0 Å². The van der Waals surface area contributed by atoms with Crippen LogP contribution in [0.25, 0.3) is 11.3 Å². The number of aromatic nitrogens is 2. The molecule has 2 aromatic carbocycles. The van der Waals surface area contributed by atoms with Crippen LogP contribution in [0.2, 0.25) is 0 Å². The van der Waals surface area contributed by atoms with Gasteiger partial charge in [0, 0.05) is 36.3 Å². The van der Waals surface area contributed by atoms with Crippen molar-refractivity contribution in [2.45, 2.75) is 18.7 Å². The van der Waals surface area contributed by atoms with E-state index in [2.05, 4.69) is 10.2 Å². The van der Waals surface area contributed by atoms with Gasteiger partial charge in [-0.1, -0.05) is 60.7 Å². The first-order chi connectivity index (χ1) is 12.1. The van der Waals surface area contributed by atoms with Crippen LogP contribution in [0.4, 0.5) is 0 Å². The van der Waals surface area contributed by atoms with Crippen molar-refractivity contribution in [2.75, 3.05) is 6.54 Å². The van der Waals surface area contributed by atoms with Gasteiger partial charge in [0.2, 0.25) is 10.0 Å². The van der Waals surface area contributed by atoms with Gasteiger partial charge in [0.25, 0.3) is 0 Å². The fraction of sp³-hybridized carbons (Fsp3) is 0.211. The normalized spacial score (nSPS) is 15.0. The Kier molecular flexibility index (Phi) is 4.15. The Labute approximate surface area is 147 Å². The topological polar surface area (TPSA) is 66.1 Å². The summed E-state index contributed by atoms with van der Waals surface area (Å²) in [7, 11) is -3.36. The first-order valence-electron chi connectivity index (χ1n) is 8.27. The van der Waals surface area contributed by atoms with E-state index in [0.717, 1.165) is 28.1 Å². The molecule has 1 aliphatic heterocycles. The molecule has 0 bridgehead atoms. The maximum atomic E-state index is 12.8. The number of fused-ring (bicyclic) bond motifs is 1. The molecule has 6 heteroatoms. The molecule has 2 heterocycles. The van der Waals surface area contributed by atoms with Crippen molar-refractivity contribution in [1.29, 1.82) is 0 Å². The molecule has 128 valence electrons. The molecule has 0 amide bonds. The van der Waals surface area contributed by atoms with E-state index in [1.54, 1.807) is 4.31 Å². The summed E-state index contributed by atoms with van der Waals surface area (Å²) >= 11 is 0. The third-order valence-corrected chi connectivity index (χ3v) is 6.33. The number of rotatable bonds is 4. The van der Waals surface area contributed by atoms with Crippen molar-refractivity contribution in [2.24, 2.45) is 0 Å². The molecular formula is C19H19N3O2S. The third-order valence-electron chi connectivity index (χ3n) is 4.53. The van der Waals surface area contributed by atoms with E-state index in [1.165, 1.54) is 0 Å². The first-order valence-corrected chi connectivity index (χ1v) is 9.88. The van der Waals surface area contributed by atoms with E-state index in [0.29, 0.717) is 19.5 Å². The van der Waals surface area contributed by atoms with Crippen LogP contribution in [0.15, 0.2) is 60.7 Å². The minimum absolute atomic E-state index is 0.0295. The van der Waals surface area contributed by atoms with Gasteiger partial charge in [-0.3, -0.25) is 5.10 Å². The monoisotopic (exact) mass is 353 g/mol. The van der Waals surface area contributed by atoms with Crippen molar-refractivity contribution < 1.29 is 8.42 Å². The number of H-pyrrole nitrogens is 1. The number of aromatic amines is 1. The summed E-state index contributed by atoms with van der Waals surface area (Å²) < 4.78 is 27.2. The summed E-state index contributed by atoms with van der Waals surface area (Å²) in [6.07, 6.45) is 0.656. The molecule has 25 heavy (non-hydrogen) atoms. The van der Waals surface area contributed by atoms with Gasteiger partial charge in [-0.15, -0.1) is 0 Å². The molecule has 1 aromatic heterocycles. The second-order valence-electron chi connectivity index (χ2n) is 6.22. The van der Waals surface area contributed by atoms with Crippen LogP contribution in [-0.4, -0.2) is 29.5 Å². The zero-order chi connectivity index (χ0) is 17.3. The Balaban J connectivity index is 1.61. The molecule has 1 N–H and O–H groups in total. The van der Waals surface area contributed by atoms with Crippen molar-refractivity contribution in [3.05, 3.63) is 77.5 Å². The average molecular weight is 353 g/mol. The molecular weight excluding hydrogens is 334 g/mol. The van der Waals surface area contributed by atoms with Crippen LogP contribution in [0.5, 0.6) is 0 Å². The molecule has 5 nitrogen and oxygen atoms in total. The highest BCUT2D eigenvalue weighted by atomic mass is 32.2. The zero-order valence-corrected chi connectivity index (χ0v) is 14.5. The lowest BCUT2D eigenvalue weighted by Crippen LogP contribution is -2.36. The molecule has 0 radical (unpaired) electrons. The quantitative estimate of drug-likeness (QED) is 0.784. The van der Waals surface area contributed by atoms with Crippen LogP contribution >= 0.6 is 0 Å². The molecule has 3 aromatic rings. The number of hydrogen-bond acceptors (Lipinski definition) is 3. The van der Waals surface area contributed by atoms with E-state index in [4.69, 9.17) is 0 Å². The van der Waals surface area contributed by atoms with E-state index >= 15 is 0 Å². The highest BCUT2D eigenvalue weighted by molar-refractivity contribution is 7.88. The van der Waals surface area contributed by atoms with Gasteiger partial charge in [0.15, 0.2) is 0 Å². The predicted molar refractivity (Wildman–Crippen MR) is 97.2 cm³/mol. The fourth-order valence-corrected chi connectivity index (χ4v) is 4.71. The lowest BCUT2D eigenvalue weighted by Gasteiger charge is -2.26. The lowest BCUT2D eigenvalue weighted by molar-refractivity contribution is 0.389. The standard InChI is InChI=1S/C19H19N3O2S/c23-25(24,14-15-7-3-1-4-8-15)22-12-11-18-17(13-22)19(21-20-18)16-9-5-2-6-10-16/h1-10H,11-14H2,(H,20,21). The first kappa shape index (κ1) is 16.1. The minimum atomic E-state index is -3.36. The number of hydrogen-bond donors (Lipinski definition) is 1. The smallest absolute Gasteiger partial charge is 0.218 e. The van der Waals surface area contributed by atoms with Crippen LogP contribution in [0.1, 0.15) is 16.8 Å². The molecule has 0 saturated heterocycles. The second-order valence-corrected chi connectivity index (χ2v) is 8.19. The number of benzene rings is 2. The van der Waals surface area contributed by atoms with Gasteiger partial charge in [-0.05, 0) is 5.56 Å². The molecule has 0 spiro atoms. The van der Waals surface area contributed by atoms with Gasteiger partial charge in [-0.25, -0.2) is 8.42 Å². The van der Waals surface area contributed by atoms with E-state index in [-0.39, 0.29) is 5.75 Å². The summed E-state index contributed by atoms with van der Waals surface area (Å²) in [6, 6.07) is 19.2. The van der Waals surface area contributed by atoms with E-state index in [9.17, 15) is 8.42 Å². The number of nitrogens with one attached hydrogen (secondary N) is 1. The molecule has 1 aliphatic rings.